The lowest BCUT2D eigenvalue weighted by Gasteiger charge is -2.18. The zero-order chi connectivity index (χ0) is 14.1. The first-order valence-corrected chi connectivity index (χ1v) is 7.34. The zero-order valence-electron chi connectivity index (χ0n) is 11.1. The van der Waals surface area contributed by atoms with E-state index in [4.69, 9.17) is 5.14 Å². The molecule has 0 aliphatic rings. The van der Waals surface area contributed by atoms with Crippen LogP contribution in [0.1, 0.15) is 56.2 Å². The maximum absolute atomic E-state index is 11.6. The molecule has 0 unspecified atom stereocenters. The van der Waals surface area contributed by atoms with E-state index >= 15 is 0 Å². The highest BCUT2D eigenvalue weighted by Crippen LogP contribution is 2.31. The molecular formula is C13H18N2O2S. The second-order valence-corrected chi connectivity index (χ2v) is 6.44. The van der Waals surface area contributed by atoms with Crippen LogP contribution in [0.5, 0.6) is 0 Å². The average Bonchev–Trinajstić information content (AvgIpc) is 2.25. The molecule has 0 heterocycles. The van der Waals surface area contributed by atoms with E-state index in [1.807, 2.05) is 27.7 Å². The summed E-state index contributed by atoms with van der Waals surface area (Å²) in [6.45, 7) is 7.65. The number of nitrogens with zero attached hydrogens (tertiary/aromatic N) is 1. The minimum atomic E-state index is -3.80. The van der Waals surface area contributed by atoms with E-state index in [2.05, 4.69) is 6.07 Å². The van der Waals surface area contributed by atoms with Gasteiger partial charge in [-0.05, 0) is 29.0 Å². The van der Waals surface area contributed by atoms with E-state index in [0.717, 1.165) is 5.56 Å². The van der Waals surface area contributed by atoms with Gasteiger partial charge in [0.1, 0.15) is 0 Å². The van der Waals surface area contributed by atoms with Crippen molar-refractivity contribution in [2.24, 2.45) is 5.14 Å². The number of benzene rings is 1. The number of nitriles is 1. The Morgan fingerprint density at radius 2 is 1.72 bits per heavy atom. The number of rotatable bonds is 3. The fraction of sp³-hybridized carbons (Fsp3) is 0.462. The van der Waals surface area contributed by atoms with Crippen LogP contribution in [0.3, 0.4) is 0 Å². The molecule has 1 aromatic rings. The molecule has 0 aliphatic heterocycles. The summed E-state index contributed by atoms with van der Waals surface area (Å²) in [7, 11) is -3.80. The molecule has 0 bridgehead atoms. The first-order valence-electron chi connectivity index (χ1n) is 5.79. The smallest absolute Gasteiger partial charge is 0.225 e. The van der Waals surface area contributed by atoms with Crippen LogP contribution in [0.4, 0.5) is 0 Å². The van der Waals surface area contributed by atoms with Crippen molar-refractivity contribution in [3.05, 3.63) is 28.8 Å². The Morgan fingerprint density at radius 1 is 1.17 bits per heavy atom. The molecule has 5 heteroatoms. The second kappa shape index (κ2) is 5.09. The fourth-order valence-electron chi connectivity index (χ4n) is 2.04. The highest BCUT2D eigenvalue weighted by atomic mass is 32.2. The van der Waals surface area contributed by atoms with Gasteiger partial charge in [0.2, 0.25) is 10.0 Å². The Hall–Kier alpha value is -1.38. The van der Waals surface area contributed by atoms with Gasteiger partial charge in [-0.25, -0.2) is 13.6 Å². The molecular weight excluding hydrogens is 248 g/mol. The quantitative estimate of drug-likeness (QED) is 0.912. The third kappa shape index (κ3) is 2.71. The topological polar surface area (TPSA) is 84.0 Å². The Kier molecular flexibility index (Phi) is 4.15. The lowest BCUT2D eigenvalue weighted by atomic mass is 9.89. The van der Waals surface area contributed by atoms with E-state index in [1.165, 1.54) is 6.07 Å². The third-order valence-corrected chi connectivity index (χ3v) is 3.82. The summed E-state index contributed by atoms with van der Waals surface area (Å²) in [6, 6.07) is 5.30. The molecule has 0 fully saturated rings. The monoisotopic (exact) mass is 266 g/mol. The molecule has 0 radical (unpaired) electrons. The van der Waals surface area contributed by atoms with Crippen LogP contribution < -0.4 is 5.14 Å². The molecule has 1 rings (SSSR count). The van der Waals surface area contributed by atoms with Crippen LogP contribution >= 0.6 is 0 Å². The van der Waals surface area contributed by atoms with Gasteiger partial charge in [0.15, 0.2) is 0 Å². The Morgan fingerprint density at radius 3 is 2.06 bits per heavy atom. The largest absolute Gasteiger partial charge is 0.238 e. The number of hydrogen-bond acceptors (Lipinski definition) is 3. The standard InChI is InChI=1S/C13H18N2O2S/c1-8(2)10-5-6-12(18(15,16)17)13(9(3)4)11(10)7-14/h5-6,8-9H,1-4H3,(H2,15,16,17). The number of primary sulfonamides is 1. The van der Waals surface area contributed by atoms with E-state index < -0.39 is 10.0 Å². The molecule has 2 N–H and O–H groups in total. The van der Waals surface area contributed by atoms with E-state index in [1.54, 1.807) is 6.07 Å². The van der Waals surface area contributed by atoms with Crippen molar-refractivity contribution in [2.75, 3.05) is 0 Å². The Labute approximate surface area is 108 Å². The van der Waals surface area contributed by atoms with Gasteiger partial charge in [0.05, 0.1) is 16.5 Å². The second-order valence-electron chi connectivity index (χ2n) is 4.91. The van der Waals surface area contributed by atoms with Crippen molar-refractivity contribution in [1.29, 1.82) is 5.26 Å². The normalized spacial score (nSPS) is 11.9. The van der Waals surface area contributed by atoms with Crippen LogP contribution in [-0.2, 0) is 10.0 Å². The summed E-state index contributed by atoms with van der Waals surface area (Å²) < 4.78 is 23.2. The summed E-state index contributed by atoms with van der Waals surface area (Å²) in [5.74, 6) is 0.0818. The minimum absolute atomic E-state index is 0.0541. The highest BCUT2D eigenvalue weighted by molar-refractivity contribution is 7.89. The first-order chi connectivity index (χ1) is 8.20. The number of nitrogens with two attached hydrogens (primary N) is 1. The molecule has 0 spiro atoms. The molecule has 18 heavy (non-hydrogen) atoms. The van der Waals surface area contributed by atoms with E-state index in [0.29, 0.717) is 11.1 Å². The average molecular weight is 266 g/mol. The van der Waals surface area contributed by atoms with E-state index in [9.17, 15) is 13.7 Å². The molecule has 0 saturated carbocycles. The third-order valence-electron chi connectivity index (χ3n) is 2.86. The van der Waals surface area contributed by atoms with Crippen LogP contribution in [0.25, 0.3) is 0 Å². The summed E-state index contributed by atoms with van der Waals surface area (Å²) in [5.41, 5.74) is 1.81. The van der Waals surface area contributed by atoms with Crippen molar-refractivity contribution in [1.82, 2.24) is 0 Å². The molecule has 1 aromatic carbocycles. The maximum atomic E-state index is 11.6. The van der Waals surface area contributed by atoms with Gasteiger partial charge in [-0.2, -0.15) is 5.26 Å². The summed E-state index contributed by atoms with van der Waals surface area (Å²) in [6.07, 6.45) is 0. The van der Waals surface area contributed by atoms with Gasteiger partial charge in [0, 0.05) is 0 Å². The lowest BCUT2D eigenvalue weighted by molar-refractivity contribution is 0.595. The van der Waals surface area contributed by atoms with Crippen LogP contribution in [-0.4, -0.2) is 8.42 Å². The van der Waals surface area contributed by atoms with Crippen molar-refractivity contribution < 1.29 is 8.42 Å². The highest BCUT2D eigenvalue weighted by Gasteiger charge is 2.22. The summed E-state index contributed by atoms with van der Waals surface area (Å²) in [5, 5.41) is 14.5. The number of sulfonamides is 1. The zero-order valence-corrected chi connectivity index (χ0v) is 11.9. The maximum Gasteiger partial charge on any atom is 0.238 e. The molecule has 0 atom stereocenters. The van der Waals surface area contributed by atoms with Gasteiger partial charge >= 0.3 is 0 Å². The molecule has 0 amide bonds. The van der Waals surface area contributed by atoms with Gasteiger partial charge < -0.3 is 0 Å². The van der Waals surface area contributed by atoms with Crippen molar-refractivity contribution in [3.8, 4) is 6.07 Å². The Bertz CT molecular complexity index is 596. The van der Waals surface area contributed by atoms with Crippen molar-refractivity contribution >= 4 is 10.0 Å². The SMILES string of the molecule is CC(C)c1ccc(S(N)(=O)=O)c(C(C)C)c1C#N. The lowest BCUT2D eigenvalue weighted by Crippen LogP contribution is -2.17. The fourth-order valence-corrected chi connectivity index (χ4v) is 2.95. The minimum Gasteiger partial charge on any atom is -0.225 e. The van der Waals surface area contributed by atoms with E-state index in [-0.39, 0.29) is 16.7 Å². The predicted molar refractivity (Wildman–Crippen MR) is 70.7 cm³/mol. The Balaban J connectivity index is 3.77. The molecule has 98 valence electrons. The van der Waals surface area contributed by atoms with Gasteiger partial charge in [-0.1, -0.05) is 33.8 Å². The summed E-state index contributed by atoms with van der Waals surface area (Å²) >= 11 is 0. The van der Waals surface area contributed by atoms with Gasteiger partial charge in [-0.3, -0.25) is 0 Å². The summed E-state index contributed by atoms with van der Waals surface area (Å²) in [4.78, 5) is 0.0541. The van der Waals surface area contributed by atoms with Crippen molar-refractivity contribution in [2.45, 2.75) is 44.4 Å². The van der Waals surface area contributed by atoms with Crippen LogP contribution in [0, 0.1) is 11.3 Å². The molecule has 0 saturated heterocycles. The molecule has 4 nitrogen and oxygen atoms in total. The van der Waals surface area contributed by atoms with Gasteiger partial charge in [-0.15, -0.1) is 0 Å². The molecule has 0 aliphatic carbocycles. The van der Waals surface area contributed by atoms with Crippen molar-refractivity contribution in [3.63, 3.8) is 0 Å². The number of hydrogen-bond donors (Lipinski definition) is 1. The first kappa shape index (κ1) is 14.7. The van der Waals surface area contributed by atoms with Gasteiger partial charge in [0.25, 0.3) is 0 Å². The van der Waals surface area contributed by atoms with Crippen LogP contribution in [0.2, 0.25) is 0 Å². The van der Waals surface area contributed by atoms with Crippen LogP contribution in [0.15, 0.2) is 17.0 Å². The molecule has 0 aromatic heterocycles. The predicted octanol–water partition coefficient (Wildman–Crippen LogP) is 2.45.